The molecule has 2 aromatic rings. The average Bonchev–Trinajstić information content (AvgIpc) is 3.02. The van der Waals surface area contributed by atoms with Gasteiger partial charge < -0.3 is 15.0 Å². The molecule has 1 heterocycles. The Morgan fingerprint density at radius 3 is 2.62 bits per heavy atom. The molecule has 0 fully saturated rings. The third-order valence-corrected chi connectivity index (χ3v) is 4.95. The van der Waals surface area contributed by atoms with Gasteiger partial charge in [0.05, 0.1) is 6.10 Å². The van der Waals surface area contributed by atoms with Crippen LogP contribution in [0, 0.1) is 0 Å². The molecule has 0 amide bonds. The van der Waals surface area contributed by atoms with Crippen LogP contribution in [-0.4, -0.2) is 24.2 Å². The predicted molar refractivity (Wildman–Crippen MR) is 103 cm³/mol. The molecule has 0 saturated carbocycles. The first-order chi connectivity index (χ1) is 11.5. The van der Waals surface area contributed by atoms with Crippen molar-refractivity contribution in [3.05, 3.63) is 40.9 Å². The van der Waals surface area contributed by atoms with E-state index in [0.717, 1.165) is 30.5 Å². The van der Waals surface area contributed by atoms with E-state index in [9.17, 15) is 0 Å². The van der Waals surface area contributed by atoms with Crippen LogP contribution in [0.2, 0.25) is 0 Å². The molecule has 1 N–H and O–H groups in total. The van der Waals surface area contributed by atoms with Crippen molar-refractivity contribution in [2.24, 2.45) is 0 Å². The molecule has 1 aromatic carbocycles. The first-order valence-corrected chi connectivity index (χ1v) is 9.54. The summed E-state index contributed by atoms with van der Waals surface area (Å²) in [6.07, 6.45) is 2.18. The van der Waals surface area contributed by atoms with E-state index in [1.54, 1.807) is 11.3 Å². The number of hydrogen-bond donors (Lipinski definition) is 1. The Labute approximate surface area is 149 Å². The van der Waals surface area contributed by atoms with Gasteiger partial charge in [-0.05, 0) is 52.3 Å². The number of thiazole rings is 1. The third kappa shape index (κ3) is 5.21. The molecule has 0 aliphatic heterocycles. The maximum Gasteiger partial charge on any atom is 0.185 e. The van der Waals surface area contributed by atoms with Crippen LogP contribution in [0.25, 0.3) is 0 Å². The Morgan fingerprint density at radius 2 is 1.96 bits per heavy atom. The molecule has 1 unspecified atom stereocenters. The molecular weight excluding hydrogens is 318 g/mol. The average molecular weight is 348 g/mol. The highest BCUT2D eigenvalue weighted by atomic mass is 32.1. The summed E-state index contributed by atoms with van der Waals surface area (Å²) in [6.45, 7) is 13.4. The summed E-state index contributed by atoms with van der Waals surface area (Å²) in [5.41, 5.74) is 1.24. The second kappa shape index (κ2) is 9.04. The summed E-state index contributed by atoms with van der Waals surface area (Å²) in [5.74, 6) is 0.928. The van der Waals surface area contributed by atoms with Crippen molar-refractivity contribution in [1.29, 1.82) is 0 Å². The standard InChI is InChI=1S/C19H29N3OS/c1-6-22(7-2)19-21-13-18(24-19)12-20-15(5)16-9-8-10-17(11-16)23-14(3)4/h8-11,13-15,20H,6-7,12H2,1-5H3. The first-order valence-electron chi connectivity index (χ1n) is 8.73. The molecule has 4 nitrogen and oxygen atoms in total. The second-order valence-electron chi connectivity index (χ2n) is 6.12. The number of hydrogen-bond acceptors (Lipinski definition) is 5. The highest BCUT2D eigenvalue weighted by molar-refractivity contribution is 7.15. The van der Waals surface area contributed by atoms with E-state index in [-0.39, 0.29) is 12.1 Å². The number of ether oxygens (including phenoxy) is 1. The number of benzene rings is 1. The van der Waals surface area contributed by atoms with Crippen LogP contribution in [0.4, 0.5) is 5.13 Å². The Morgan fingerprint density at radius 1 is 1.21 bits per heavy atom. The van der Waals surface area contributed by atoms with Crippen LogP contribution in [0.3, 0.4) is 0 Å². The molecule has 5 heteroatoms. The van der Waals surface area contributed by atoms with Crippen LogP contribution in [-0.2, 0) is 6.54 Å². The van der Waals surface area contributed by atoms with Crippen LogP contribution < -0.4 is 15.0 Å². The van der Waals surface area contributed by atoms with E-state index >= 15 is 0 Å². The molecule has 1 atom stereocenters. The maximum atomic E-state index is 5.78. The van der Waals surface area contributed by atoms with Crippen LogP contribution in [0.1, 0.15) is 51.1 Å². The predicted octanol–water partition coefficient (Wildman–Crippen LogP) is 4.63. The van der Waals surface area contributed by atoms with Crippen LogP contribution in [0.15, 0.2) is 30.5 Å². The van der Waals surface area contributed by atoms with Gasteiger partial charge in [0.25, 0.3) is 0 Å². The van der Waals surface area contributed by atoms with Gasteiger partial charge in [0, 0.05) is 36.8 Å². The number of nitrogens with zero attached hydrogens (tertiary/aromatic N) is 2. The lowest BCUT2D eigenvalue weighted by Crippen LogP contribution is -2.21. The van der Waals surface area contributed by atoms with Crippen molar-refractivity contribution in [3.8, 4) is 5.75 Å². The van der Waals surface area contributed by atoms with E-state index in [0.29, 0.717) is 0 Å². The number of nitrogens with one attached hydrogen (secondary N) is 1. The quantitative estimate of drug-likeness (QED) is 0.718. The lowest BCUT2D eigenvalue weighted by atomic mass is 10.1. The second-order valence-corrected chi connectivity index (χ2v) is 7.22. The molecule has 0 bridgehead atoms. The van der Waals surface area contributed by atoms with Gasteiger partial charge in [0.2, 0.25) is 0 Å². The molecule has 2 rings (SSSR count). The zero-order valence-corrected chi connectivity index (χ0v) is 16.2. The van der Waals surface area contributed by atoms with Gasteiger partial charge in [-0.1, -0.05) is 12.1 Å². The topological polar surface area (TPSA) is 37.4 Å². The fourth-order valence-electron chi connectivity index (χ4n) is 2.52. The minimum atomic E-state index is 0.194. The van der Waals surface area contributed by atoms with Gasteiger partial charge in [0.15, 0.2) is 5.13 Å². The van der Waals surface area contributed by atoms with E-state index in [1.165, 1.54) is 10.4 Å². The lowest BCUT2D eigenvalue weighted by Gasteiger charge is -2.17. The van der Waals surface area contributed by atoms with Crippen LogP contribution in [0.5, 0.6) is 5.75 Å². The van der Waals surface area contributed by atoms with Crippen molar-refractivity contribution in [3.63, 3.8) is 0 Å². The Kier molecular flexibility index (Phi) is 7.06. The fraction of sp³-hybridized carbons (Fsp3) is 0.526. The van der Waals surface area contributed by atoms with E-state index < -0.39 is 0 Å². The molecule has 1 aromatic heterocycles. The summed E-state index contributed by atoms with van der Waals surface area (Å²) in [5, 5.41) is 4.69. The van der Waals surface area contributed by atoms with Gasteiger partial charge in [-0.25, -0.2) is 4.98 Å². The van der Waals surface area contributed by atoms with Gasteiger partial charge in [-0.15, -0.1) is 11.3 Å². The summed E-state index contributed by atoms with van der Waals surface area (Å²) in [7, 11) is 0. The normalized spacial score (nSPS) is 12.4. The van der Waals surface area contributed by atoms with Crippen molar-refractivity contribution < 1.29 is 4.74 Å². The summed E-state index contributed by atoms with van der Waals surface area (Å²) in [4.78, 5) is 8.08. The minimum Gasteiger partial charge on any atom is -0.491 e. The minimum absolute atomic E-state index is 0.194. The molecule has 0 aliphatic carbocycles. The number of aromatic nitrogens is 1. The van der Waals surface area contributed by atoms with E-state index in [1.807, 2.05) is 26.1 Å². The Hall–Kier alpha value is -1.59. The number of rotatable bonds is 9. The zero-order valence-electron chi connectivity index (χ0n) is 15.4. The highest BCUT2D eigenvalue weighted by Gasteiger charge is 2.10. The van der Waals surface area contributed by atoms with Crippen molar-refractivity contribution in [1.82, 2.24) is 10.3 Å². The fourth-order valence-corrected chi connectivity index (χ4v) is 3.51. The Bertz CT molecular complexity index is 623. The smallest absolute Gasteiger partial charge is 0.185 e. The summed E-state index contributed by atoms with van der Waals surface area (Å²) in [6, 6.07) is 8.58. The van der Waals surface area contributed by atoms with Crippen molar-refractivity contribution in [2.75, 3.05) is 18.0 Å². The van der Waals surface area contributed by atoms with Crippen molar-refractivity contribution >= 4 is 16.5 Å². The van der Waals surface area contributed by atoms with Gasteiger partial charge in [-0.3, -0.25) is 0 Å². The van der Waals surface area contributed by atoms with Gasteiger partial charge >= 0.3 is 0 Å². The van der Waals surface area contributed by atoms with E-state index in [2.05, 4.69) is 54.2 Å². The monoisotopic (exact) mass is 347 g/mol. The molecule has 0 radical (unpaired) electrons. The first kappa shape index (κ1) is 18.7. The maximum absolute atomic E-state index is 5.78. The largest absolute Gasteiger partial charge is 0.491 e. The number of anilines is 1. The molecular formula is C19H29N3OS. The zero-order chi connectivity index (χ0) is 17.5. The molecule has 24 heavy (non-hydrogen) atoms. The Balaban J connectivity index is 1.94. The van der Waals surface area contributed by atoms with Crippen LogP contribution >= 0.6 is 11.3 Å². The summed E-state index contributed by atoms with van der Waals surface area (Å²) < 4.78 is 5.78. The lowest BCUT2D eigenvalue weighted by molar-refractivity contribution is 0.242. The molecule has 132 valence electrons. The summed E-state index contributed by atoms with van der Waals surface area (Å²) >= 11 is 1.77. The third-order valence-electron chi connectivity index (χ3n) is 3.89. The SMILES string of the molecule is CCN(CC)c1ncc(CNC(C)c2cccc(OC(C)C)c2)s1. The van der Waals surface area contributed by atoms with Gasteiger partial charge in [0.1, 0.15) is 5.75 Å². The molecule has 0 saturated heterocycles. The van der Waals surface area contributed by atoms with E-state index in [4.69, 9.17) is 4.74 Å². The highest BCUT2D eigenvalue weighted by Crippen LogP contribution is 2.24. The van der Waals surface area contributed by atoms with Gasteiger partial charge in [-0.2, -0.15) is 0 Å². The molecule has 0 aliphatic rings. The van der Waals surface area contributed by atoms with Crippen molar-refractivity contribution in [2.45, 2.75) is 53.3 Å². The molecule has 0 spiro atoms.